The second-order valence-corrected chi connectivity index (χ2v) is 4.66. The van der Waals surface area contributed by atoms with E-state index in [4.69, 9.17) is 5.11 Å². The molecule has 13 heavy (non-hydrogen) atoms. The minimum absolute atomic E-state index is 0.272. The summed E-state index contributed by atoms with van der Waals surface area (Å²) in [6, 6.07) is 0. The molecule has 1 aromatic rings. The Kier molecular flexibility index (Phi) is 3.88. The minimum Gasteiger partial charge on any atom is -0.396 e. The first-order valence-electron chi connectivity index (χ1n) is 4.72. The zero-order chi connectivity index (χ0) is 9.84. The van der Waals surface area contributed by atoms with Crippen LogP contribution in [0.3, 0.4) is 0 Å². The van der Waals surface area contributed by atoms with Crippen molar-refractivity contribution in [3.05, 3.63) is 15.6 Å². The number of thiazole rings is 1. The van der Waals surface area contributed by atoms with E-state index >= 15 is 0 Å². The van der Waals surface area contributed by atoms with Gasteiger partial charge in [-0.05, 0) is 19.8 Å². The first kappa shape index (κ1) is 10.7. The summed E-state index contributed by atoms with van der Waals surface area (Å²) in [5.74, 6) is 0.520. The molecule has 0 radical (unpaired) electrons. The molecule has 74 valence electrons. The molecular weight excluding hydrogens is 182 g/mol. The molecule has 1 heterocycles. The van der Waals surface area contributed by atoms with Gasteiger partial charge in [-0.3, -0.25) is 0 Å². The molecule has 0 amide bonds. The molecule has 1 aromatic heterocycles. The van der Waals surface area contributed by atoms with Gasteiger partial charge in [0, 0.05) is 17.4 Å². The van der Waals surface area contributed by atoms with Crippen LogP contribution < -0.4 is 0 Å². The molecule has 0 aliphatic rings. The van der Waals surface area contributed by atoms with Gasteiger partial charge in [0.15, 0.2) is 0 Å². The van der Waals surface area contributed by atoms with Gasteiger partial charge in [-0.2, -0.15) is 0 Å². The summed E-state index contributed by atoms with van der Waals surface area (Å²) < 4.78 is 0. The zero-order valence-electron chi connectivity index (χ0n) is 8.50. The highest BCUT2D eigenvalue weighted by atomic mass is 32.1. The van der Waals surface area contributed by atoms with Crippen molar-refractivity contribution in [1.82, 2.24) is 4.98 Å². The third kappa shape index (κ3) is 2.78. The quantitative estimate of drug-likeness (QED) is 0.808. The molecule has 0 saturated carbocycles. The number of aliphatic hydroxyl groups is 1. The predicted molar refractivity (Wildman–Crippen MR) is 56.3 cm³/mol. The van der Waals surface area contributed by atoms with Crippen LogP contribution >= 0.6 is 11.3 Å². The molecule has 0 aromatic carbocycles. The largest absolute Gasteiger partial charge is 0.396 e. The Balaban J connectivity index is 2.71. The highest BCUT2D eigenvalue weighted by molar-refractivity contribution is 7.11. The van der Waals surface area contributed by atoms with Crippen LogP contribution in [0.4, 0.5) is 0 Å². The maximum Gasteiger partial charge on any atom is 0.0956 e. The number of rotatable bonds is 4. The van der Waals surface area contributed by atoms with Gasteiger partial charge >= 0.3 is 0 Å². The minimum atomic E-state index is 0.272. The van der Waals surface area contributed by atoms with E-state index < -0.39 is 0 Å². The number of aromatic nitrogens is 1. The lowest BCUT2D eigenvalue weighted by atomic mass is 10.2. The van der Waals surface area contributed by atoms with Crippen LogP contribution in [-0.2, 0) is 6.42 Å². The van der Waals surface area contributed by atoms with Crippen molar-refractivity contribution in [3.63, 3.8) is 0 Å². The molecule has 0 fully saturated rings. The van der Waals surface area contributed by atoms with Gasteiger partial charge in [0.1, 0.15) is 0 Å². The third-order valence-corrected chi connectivity index (χ3v) is 3.48. The second-order valence-electron chi connectivity index (χ2n) is 3.54. The SMILES string of the molecule is Cc1nc(C(C)C)sc1CCCO. The number of hydrogen-bond acceptors (Lipinski definition) is 3. The third-order valence-electron chi connectivity index (χ3n) is 1.97. The Morgan fingerprint density at radius 2 is 2.15 bits per heavy atom. The fourth-order valence-corrected chi connectivity index (χ4v) is 2.28. The summed E-state index contributed by atoms with van der Waals surface area (Å²) in [4.78, 5) is 5.83. The topological polar surface area (TPSA) is 33.1 Å². The highest BCUT2D eigenvalue weighted by Crippen LogP contribution is 2.25. The van der Waals surface area contributed by atoms with Crippen LogP contribution in [0.5, 0.6) is 0 Å². The lowest BCUT2D eigenvalue weighted by molar-refractivity contribution is 0.289. The van der Waals surface area contributed by atoms with E-state index in [-0.39, 0.29) is 6.61 Å². The molecule has 0 unspecified atom stereocenters. The average molecular weight is 199 g/mol. The summed E-state index contributed by atoms with van der Waals surface area (Å²) in [6.45, 7) is 6.64. The summed E-state index contributed by atoms with van der Waals surface area (Å²) in [5, 5.41) is 9.93. The molecule has 0 aliphatic heterocycles. The summed E-state index contributed by atoms with van der Waals surface area (Å²) in [7, 11) is 0. The Bertz CT molecular complexity index is 268. The van der Waals surface area contributed by atoms with E-state index in [2.05, 4.69) is 25.8 Å². The monoisotopic (exact) mass is 199 g/mol. The van der Waals surface area contributed by atoms with E-state index in [1.165, 1.54) is 9.88 Å². The first-order valence-corrected chi connectivity index (χ1v) is 5.54. The van der Waals surface area contributed by atoms with Gasteiger partial charge in [-0.15, -0.1) is 11.3 Å². The second kappa shape index (κ2) is 4.72. The molecular formula is C10H17NOS. The van der Waals surface area contributed by atoms with E-state index in [0.29, 0.717) is 5.92 Å². The number of aliphatic hydroxyl groups excluding tert-OH is 1. The molecule has 3 heteroatoms. The van der Waals surface area contributed by atoms with E-state index in [0.717, 1.165) is 18.5 Å². The first-order chi connectivity index (χ1) is 6.15. The van der Waals surface area contributed by atoms with Crippen molar-refractivity contribution in [2.24, 2.45) is 0 Å². The smallest absolute Gasteiger partial charge is 0.0956 e. The van der Waals surface area contributed by atoms with Crippen LogP contribution in [0.15, 0.2) is 0 Å². The molecule has 2 nitrogen and oxygen atoms in total. The molecule has 0 spiro atoms. The number of aryl methyl sites for hydroxylation is 2. The summed E-state index contributed by atoms with van der Waals surface area (Å²) in [5.41, 5.74) is 1.14. The lowest BCUT2D eigenvalue weighted by Gasteiger charge is -1.95. The lowest BCUT2D eigenvalue weighted by Crippen LogP contribution is -1.88. The Morgan fingerprint density at radius 3 is 2.62 bits per heavy atom. The van der Waals surface area contributed by atoms with Crippen LogP contribution in [-0.4, -0.2) is 16.7 Å². The standard InChI is InChI=1S/C10H17NOS/c1-7(2)10-11-8(3)9(13-10)5-4-6-12/h7,12H,4-6H2,1-3H3. The number of nitrogens with zero attached hydrogens (tertiary/aromatic N) is 1. The average Bonchev–Trinajstić information content (AvgIpc) is 2.44. The fraction of sp³-hybridized carbons (Fsp3) is 0.700. The summed E-state index contributed by atoms with van der Waals surface area (Å²) in [6.07, 6.45) is 1.81. The van der Waals surface area contributed by atoms with Gasteiger partial charge in [0.25, 0.3) is 0 Å². The van der Waals surface area contributed by atoms with E-state index in [9.17, 15) is 0 Å². The number of hydrogen-bond donors (Lipinski definition) is 1. The van der Waals surface area contributed by atoms with Crippen molar-refractivity contribution in [1.29, 1.82) is 0 Å². The van der Waals surface area contributed by atoms with Crippen LogP contribution in [0.25, 0.3) is 0 Å². The Hall–Kier alpha value is -0.410. The molecule has 0 atom stereocenters. The normalized spacial score (nSPS) is 11.2. The molecule has 0 saturated heterocycles. The Labute approximate surface area is 83.6 Å². The molecule has 0 aliphatic carbocycles. The fourth-order valence-electron chi connectivity index (χ4n) is 1.17. The molecule has 1 N–H and O–H groups in total. The molecule has 0 bridgehead atoms. The van der Waals surface area contributed by atoms with Gasteiger partial charge in [0.05, 0.1) is 10.7 Å². The van der Waals surface area contributed by atoms with Gasteiger partial charge in [0.2, 0.25) is 0 Å². The van der Waals surface area contributed by atoms with Crippen molar-refractivity contribution in [2.45, 2.75) is 39.5 Å². The van der Waals surface area contributed by atoms with Gasteiger partial charge < -0.3 is 5.11 Å². The van der Waals surface area contributed by atoms with Crippen molar-refractivity contribution >= 4 is 11.3 Å². The maximum atomic E-state index is 8.72. The zero-order valence-corrected chi connectivity index (χ0v) is 9.32. The van der Waals surface area contributed by atoms with Crippen LogP contribution in [0, 0.1) is 6.92 Å². The predicted octanol–water partition coefficient (Wildman–Crippen LogP) is 2.50. The Morgan fingerprint density at radius 1 is 1.46 bits per heavy atom. The van der Waals surface area contributed by atoms with E-state index in [1.807, 2.05) is 0 Å². The summed E-state index contributed by atoms with van der Waals surface area (Å²) >= 11 is 1.79. The van der Waals surface area contributed by atoms with Crippen molar-refractivity contribution in [3.8, 4) is 0 Å². The van der Waals surface area contributed by atoms with Gasteiger partial charge in [-0.1, -0.05) is 13.8 Å². The van der Waals surface area contributed by atoms with Gasteiger partial charge in [-0.25, -0.2) is 4.98 Å². The van der Waals surface area contributed by atoms with E-state index in [1.54, 1.807) is 11.3 Å². The van der Waals surface area contributed by atoms with Crippen LogP contribution in [0.1, 0.15) is 41.8 Å². The molecule has 1 rings (SSSR count). The van der Waals surface area contributed by atoms with Crippen molar-refractivity contribution in [2.75, 3.05) is 6.61 Å². The maximum absolute atomic E-state index is 8.72. The van der Waals surface area contributed by atoms with Crippen LogP contribution in [0.2, 0.25) is 0 Å². The van der Waals surface area contributed by atoms with Crippen molar-refractivity contribution < 1.29 is 5.11 Å². The highest BCUT2D eigenvalue weighted by Gasteiger charge is 2.09.